The van der Waals surface area contributed by atoms with Gasteiger partial charge >= 0.3 is 0 Å². The fourth-order valence-corrected chi connectivity index (χ4v) is 2.40. The summed E-state index contributed by atoms with van der Waals surface area (Å²) in [7, 11) is 0. The van der Waals surface area contributed by atoms with Gasteiger partial charge in [-0.1, -0.05) is 35.3 Å². The molecule has 0 heterocycles. The summed E-state index contributed by atoms with van der Waals surface area (Å²) in [5, 5.41) is 3.67. The molecule has 0 aromatic heterocycles. The lowest BCUT2D eigenvalue weighted by Gasteiger charge is -2.07. The van der Waals surface area contributed by atoms with Crippen LogP contribution in [0.3, 0.4) is 0 Å². The monoisotopic (exact) mass is 321 g/mol. The van der Waals surface area contributed by atoms with Crippen molar-refractivity contribution in [1.29, 1.82) is 0 Å². The molecular formula is C16H13Cl2NO2. The largest absolute Gasteiger partial charge is 0.348 e. The van der Waals surface area contributed by atoms with Gasteiger partial charge in [0.05, 0.1) is 5.02 Å². The van der Waals surface area contributed by atoms with E-state index in [9.17, 15) is 9.59 Å². The maximum absolute atomic E-state index is 12.0. The summed E-state index contributed by atoms with van der Waals surface area (Å²) >= 11 is 11.9. The van der Waals surface area contributed by atoms with Crippen LogP contribution in [0.4, 0.5) is 0 Å². The van der Waals surface area contributed by atoms with Gasteiger partial charge in [0, 0.05) is 22.7 Å². The molecular weight excluding hydrogens is 309 g/mol. The number of benzene rings is 2. The lowest BCUT2D eigenvalue weighted by Crippen LogP contribution is -2.22. The van der Waals surface area contributed by atoms with Gasteiger partial charge in [0.2, 0.25) is 0 Å². The predicted octanol–water partition coefficient (Wildman–Crippen LogP) is 4.13. The summed E-state index contributed by atoms with van der Waals surface area (Å²) < 4.78 is 0. The molecule has 0 aliphatic rings. The fraction of sp³-hybridized carbons (Fsp3) is 0.125. The molecule has 5 heteroatoms. The van der Waals surface area contributed by atoms with Crippen molar-refractivity contribution in [1.82, 2.24) is 5.32 Å². The molecule has 0 saturated heterocycles. The van der Waals surface area contributed by atoms with Crippen LogP contribution in [0.2, 0.25) is 10.0 Å². The Balaban J connectivity index is 2.07. The smallest absolute Gasteiger partial charge is 0.251 e. The summed E-state index contributed by atoms with van der Waals surface area (Å²) in [5.41, 5.74) is 1.72. The molecule has 0 aliphatic heterocycles. The predicted molar refractivity (Wildman–Crippen MR) is 84.1 cm³/mol. The van der Waals surface area contributed by atoms with Crippen molar-refractivity contribution in [2.45, 2.75) is 13.5 Å². The van der Waals surface area contributed by atoms with E-state index in [0.717, 1.165) is 5.56 Å². The Morgan fingerprint density at radius 3 is 2.48 bits per heavy atom. The van der Waals surface area contributed by atoms with Crippen molar-refractivity contribution in [3.63, 3.8) is 0 Å². The summed E-state index contributed by atoms with van der Waals surface area (Å²) in [5.74, 6) is -0.391. The number of carbonyl (C=O) groups excluding carboxylic acids is 2. The Morgan fingerprint density at radius 1 is 1.10 bits per heavy atom. The first kappa shape index (κ1) is 15.5. The van der Waals surface area contributed by atoms with Gasteiger partial charge < -0.3 is 5.32 Å². The van der Waals surface area contributed by atoms with Crippen LogP contribution in [0.25, 0.3) is 0 Å². The highest BCUT2D eigenvalue weighted by Gasteiger charge is 2.10. The Kier molecular flexibility index (Phi) is 4.99. The molecule has 0 saturated carbocycles. The van der Waals surface area contributed by atoms with E-state index in [2.05, 4.69) is 5.32 Å². The summed E-state index contributed by atoms with van der Waals surface area (Å²) in [6.07, 6.45) is 0. The second kappa shape index (κ2) is 6.74. The van der Waals surface area contributed by atoms with Gasteiger partial charge in [0.25, 0.3) is 5.91 Å². The van der Waals surface area contributed by atoms with Gasteiger partial charge in [-0.3, -0.25) is 9.59 Å². The van der Waals surface area contributed by atoms with Crippen LogP contribution in [0.5, 0.6) is 0 Å². The van der Waals surface area contributed by atoms with E-state index in [1.165, 1.54) is 13.0 Å². The molecule has 0 fully saturated rings. The average molecular weight is 322 g/mol. The number of carbonyl (C=O) groups is 2. The molecule has 2 aromatic rings. The number of ketones is 1. The molecule has 0 bridgehead atoms. The number of hydrogen-bond donors (Lipinski definition) is 1. The third-order valence-corrected chi connectivity index (χ3v) is 3.50. The Bertz CT molecular complexity index is 698. The van der Waals surface area contributed by atoms with E-state index in [1.54, 1.807) is 24.3 Å². The maximum Gasteiger partial charge on any atom is 0.251 e. The summed E-state index contributed by atoms with van der Waals surface area (Å²) in [6.45, 7) is 1.80. The second-order valence-corrected chi connectivity index (χ2v) is 5.41. The van der Waals surface area contributed by atoms with Crippen LogP contribution in [-0.2, 0) is 6.54 Å². The van der Waals surface area contributed by atoms with E-state index in [1.807, 2.05) is 12.1 Å². The molecule has 2 rings (SSSR count). The maximum atomic E-state index is 12.0. The van der Waals surface area contributed by atoms with Crippen molar-refractivity contribution >= 4 is 34.9 Å². The first-order chi connectivity index (χ1) is 9.97. The van der Waals surface area contributed by atoms with E-state index in [-0.39, 0.29) is 16.7 Å². The van der Waals surface area contributed by atoms with E-state index >= 15 is 0 Å². The van der Waals surface area contributed by atoms with Crippen molar-refractivity contribution in [3.05, 3.63) is 69.2 Å². The number of Topliss-reactive ketones (excluding diaryl/α,β-unsaturated/α-hetero) is 1. The van der Waals surface area contributed by atoms with Gasteiger partial charge in [0.1, 0.15) is 0 Å². The first-order valence-corrected chi connectivity index (χ1v) is 7.06. The number of nitrogens with one attached hydrogen (secondary N) is 1. The van der Waals surface area contributed by atoms with Gasteiger partial charge in [-0.15, -0.1) is 0 Å². The average Bonchev–Trinajstić information content (AvgIpc) is 2.44. The Labute approximate surface area is 132 Å². The van der Waals surface area contributed by atoms with Crippen LogP contribution in [0, 0.1) is 0 Å². The molecule has 21 heavy (non-hydrogen) atoms. The summed E-state index contributed by atoms with van der Waals surface area (Å²) in [6, 6.07) is 11.9. The lowest BCUT2D eigenvalue weighted by molar-refractivity contribution is 0.0949. The minimum absolute atomic E-state index is 0.133. The third-order valence-electron chi connectivity index (χ3n) is 2.95. The van der Waals surface area contributed by atoms with Crippen molar-refractivity contribution in [3.8, 4) is 0 Å². The molecule has 0 unspecified atom stereocenters. The number of amides is 1. The van der Waals surface area contributed by atoms with Crippen LogP contribution in [-0.4, -0.2) is 11.7 Å². The van der Waals surface area contributed by atoms with Crippen molar-refractivity contribution < 1.29 is 9.59 Å². The van der Waals surface area contributed by atoms with Gasteiger partial charge in [0.15, 0.2) is 5.78 Å². The number of hydrogen-bond acceptors (Lipinski definition) is 2. The molecule has 0 aliphatic carbocycles. The minimum atomic E-state index is -0.257. The zero-order valence-electron chi connectivity index (χ0n) is 11.3. The summed E-state index contributed by atoms with van der Waals surface area (Å²) in [4.78, 5) is 23.3. The van der Waals surface area contributed by atoms with Crippen LogP contribution < -0.4 is 5.32 Å². The van der Waals surface area contributed by atoms with Gasteiger partial charge in [-0.05, 0) is 42.8 Å². The molecule has 2 aromatic carbocycles. The highest BCUT2D eigenvalue weighted by Crippen LogP contribution is 2.18. The lowest BCUT2D eigenvalue weighted by atomic mass is 10.1. The standard InChI is InChI=1S/C16H13Cl2NO2/c1-10(20)14-6-5-12(8-15(14)18)16(21)19-9-11-3-2-4-13(17)7-11/h2-8H,9H2,1H3,(H,19,21). The topological polar surface area (TPSA) is 46.2 Å². The number of rotatable bonds is 4. The second-order valence-electron chi connectivity index (χ2n) is 4.56. The van der Waals surface area contributed by atoms with Gasteiger partial charge in [-0.25, -0.2) is 0 Å². The molecule has 108 valence electrons. The quantitative estimate of drug-likeness (QED) is 0.861. The van der Waals surface area contributed by atoms with E-state index in [4.69, 9.17) is 23.2 Å². The molecule has 0 radical (unpaired) electrons. The van der Waals surface area contributed by atoms with Gasteiger partial charge in [-0.2, -0.15) is 0 Å². The first-order valence-electron chi connectivity index (χ1n) is 6.30. The highest BCUT2D eigenvalue weighted by molar-refractivity contribution is 6.34. The zero-order valence-corrected chi connectivity index (χ0v) is 12.8. The third kappa shape index (κ3) is 4.06. The molecule has 0 spiro atoms. The molecule has 0 atom stereocenters. The molecule has 1 N–H and O–H groups in total. The van der Waals surface area contributed by atoms with E-state index in [0.29, 0.717) is 22.7 Å². The van der Waals surface area contributed by atoms with Crippen molar-refractivity contribution in [2.75, 3.05) is 0 Å². The Hall–Kier alpha value is -1.84. The van der Waals surface area contributed by atoms with E-state index < -0.39 is 0 Å². The molecule has 3 nitrogen and oxygen atoms in total. The minimum Gasteiger partial charge on any atom is -0.348 e. The molecule has 1 amide bonds. The number of halogens is 2. The SMILES string of the molecule is CC(=O)c1ccc(C(=O)NCc2cccc(Cl)c2)cc1Cl. The zero-order chi connectivity index (χ0) is 15.4. The Morgan fingerprint density at radius 2 is 1.86 bits per heavy atom. The normalized spacial score (nSPS) is 10.2. The fourth-order valence-electron chi connectivity index (χ4n) is 1.87. The van der Waals surface area contributed by atoms with Crippen molar-refractivity contribution in [2.24, 2.45) is 0 Å². The van der Waals surface area contributed by atoms with Crippen LogP contribution in [0.1, 0.15) is 33.2 Å². The highest BCUT2D eigenvalue weighted by atomic mass is 35.5. The van der Waals surface area contributed by atoms with Crippen LogP contribution in [0.15, 0.2) is 42.5 Å². The van der Waals surface area contributed by atoms with Crippen LogP contribution >= 0.6 is 23.2 Å².